The number of hydrogen-bond donors (Lipinski definition) is 0. The maximum Gasteiger partial charge on any atom is 0.0973 e. The largest absolute Gasteiger partial charge is 0.264 e. The van der Waals surface area contributed by atoms with Crippen molar-refractivity contribution in [3.05, 3.63) is 46.2 Å². The highest BCUT2D eigenvalue weighted by atomic mass is 35.5. The molecule has 72 valence electrons. The van der Waals surface area contributed by atoms with E-state index in [0.29, 0.717) is 5.88 Å². The molecule has 2 aromatic heterocycles. The zero-order valence-electron chi connectivity index (χ0n) is 7.48. The zero-order valence-corrected chi connectivity index (χ0v) is 9.05. The van der Waals surface area contributed by atoms with E-state index in [0.717, 1.165) is 17.1 Å². The third-order valence-electron chi connectivity index (χ3n) is 1.81. The lowest BCUT2D eigenvalue weighted by atomic mass is 10.2. The van der Waals surface area contributed by atoms with Crippen molar-refractivity contribution < 1.29 is 0 Å². The Balaban J connectivity index is 2.11. The third kappa shape index (κ3) is 2.30. The van der Waals surface area contributed by atoms with Crippen LogP contribution in [0.3, 0.4) is 0 Å². The van der Waals surface area contributed by atoms with Crippen molar-refractivity contribution in [2.45, 2.75) is 12.3 Å². The standard InChI is InChI=1S/C10H9ClN2S/c11-5-9-7-14-10(13-9)4-8-2-1-3-12-6-8/h1-3,6-7H,4-5H2. The van der Waals surface area contributed by atoms with E-state index in [1.54, 1.807) is 17.5 Å². The summed E-state index contributed by atoms with van der Waals surface area (Å²) in [6.45, 7) is 0. The number of alkyl halides is 1. The van der Waals surface area contributed by atoms with Gasteiger partial charge < -0.3 is 0 Å². The Labute approximate surface area is 91.6 Å². The SMILES string of the molecule is ClCc1csc(Cc2cccnc2)n1. The summed E-state index contributed by atoms with van der Waals surface area (Å²) in [6, 6.07) is 3.99. The molecule has 0 amide bonds. The van der Waals surface area contributed by atoms with E-state index in [1.165, 1.54) is 5.56 Å². The molecule has 0 radical (unpaired) electrons. The smallest absolute Gasteiger partial charge is 0.0973 e. The second kappa shape index (κ2) is 4.53. The first kappa shape index (κ1) is 9.62. The van der Waals surface area contributed by atoms with Crippen LogP contribution in [-0.4, -0.2) is 9.97 Å². The Bertz CT molecular complexity index is 400. The molecule has 0 aliphatic rings. The molecule has 0 saturated carbocycles. The van der Waals surface area contributed by atoms with E-state index in [4.69, 9.17) is 11.6 Å². The van der Waals surface area contributed by atoms with Crippen LogP contribution >= 0.6 is 22.9 Å². The molecule has 0 atom stereocenters. The highest BCUT2D eigenvalue weighted by molar-refractivity contribution is 7.09. The molecular weight excluding hydrogens is 216 g/mol. The van der Waals surface area contributed by atoms with E-state index in [1.807, 2.05) is 17.6 Å². The quantitative estimate of drug-likeness (QED) is 0.750. The van der Waals surface area contributed by atoms with Crippen LogP contribution in [0.25, 0.3) is 0 Å². The molecule has 2 rings (SSSR count). The predicted molar refractivity (Wildman–Crippen MR) is 58.7 cm³/mol. The fourth-order valence-electron chi connectivity index (χ4n) is 1.17. The lowest BCUT2D eigenvalue weighted by Gasteiger charge is -1.95. The van der Waals surface area contributed by atoms with Crippen LogP contribution in [0, 0.1) is 0 Å². The van der Waals surface area contributed by atoms with Crippen LogP contribution in [-0.2, 0) is 12.3 Å². The van der Waals surface area contributed by atoms with Crippen LogP contribution in [0.4, 0.5) is 0 Å². The van der Waals surface area contributed by atoms with Crippen molar-refractivity contribution in [2.24, 2.45) is 0 Å². The molecule has 0 aromatic carbocycles. The van der Waals surface area contributed by atoms with Gasteiger partial charge in [-0.25, -0.2) is 4.98 Å². The Hall–Kier alpha value is -0.930. The summed E-state index contributed by atoms with van der Waals surface area (Å²) in [4.78, 5) is 8.44. The Kier molecular flexibility index (Phi) is 3.11. The second-order valence-electron chi connectivity index (χ2n) is 2.90. The molecule has 0 unspecified atom stereocenters. The first-order valence-corrected chi connectivity index (χ1v) is 5.68. The van der Waals surface area contributed by atoms with Gasteiger partial charge in [0.1, 0.15) is 0 Å². The van der Waals surface area contributed by atoms with Crippen LogP contribution in [0.2, 0.25) is 0 Å². The minimum absolute atomic E-state index is 0.490. The third-order valence-corrected chi connectivity index (χ3v) is 2.99. The summed E-state index contributed by atoms with van der Waals surface area (Å²) >= 11 is 7.32. The fraction of sp³-hybridized carbons (Fsp3) is 0.200. The molecule has 2 heterocycles. The molecule has 14 heavy (non-hydrogen) atoms. The van der Waals surface area contributed by atoms with E-state index in [2.05, 4.69) is 16.0 Å². The maximum absolute atomic E-state index is 5.68. The van der Waals surface area contributed by atoms with Crippen LogP contribution < -0.4 is 0 Å². The van der Waals surface area contributed by atoms with Crippen molar-refractivity contribution in [1.82, 2.24) is 9.97 Å². The first-order chi connectivity index (χ1) is 6.88. The molecule has 0 aliphatic heterocycles. The van der Waals surface area contributed by atoms with Gasteiger partial charge in [0.2, 0.25) is 0 Å². The number of rotatable bonds is 3. The molecule has 0 N–H and O–H groups in total. The van der Waals surface area contributed by atoms with Gasteiger partial charge in [0, 0.05) is 24.2 Å². The Morgan fingerprint density at radius 1 is 1.43 bits per heavy atom. The van der Waals surface area contributed by atoms with Gasteiger partial charge in [0.05, 0.1) is 16.6 Å². The number of aromatic nitrogens is 2. The average molecular weight is 225 g/mol. The van der Waals surface area contributed by atoms with Crippen molar-refractivity contribution in [3.8, 4) is 0 Å². The zero-order chi connectivity index (χ0) is 9.80. The second-order valence-corrected chi connectivity index (χ2v) is 4.11. The summed E-state index contributed by atoms with van der Waals surface area (Å²) in [5.41, 5.74) is 2.14. The van der Waals surface area contributed by atoms with Gasteiger partial charge in [-0.15, -0.1) is 22.9 Å². The van der Waals surface area contributed by atoms with E-state index in [-0.39, 0.29) is 0 Å². The summed E-state index contributed by atoms with van der Waals surface area (Å²) in [6.07, 6.45) is 4.48. The van der Waals surface area contributed by atoms with Crippen molar-refractivity contribution in [3.63, 3.8) is 0 Å². The van der Waals surface area contributed by atoms with Crippen LogP contribution in [0.15, 0.2) is 29.9 Å². The maximum atomic E-state index is 5.68. The van der Waals surface area contributed by atoms with Gasteiger partial charge >= 0.3 is 0 Å². The molecule has 0 aliphatic carbocycles. The van der Waals surface area contributed by atoms with Crippen LogP contribution in [0.5, 0.6) is 0 Å². The van der Waals surface area contributed by atoms with Crippen molar-refractivity contribution >= 4 is 22.9 Å². The molecule has 0 spiro atoms. The van der Waals surface area contributed by atoms with Gasteiger partial charge in [-0.1, -0.05) is 6.07 Å². The van der Waals surface area contributed by atoms with Gasteiger partial charge in [0.25, 0.3) is 0 Å². The molecule has 4 heteroatoms. The lowest BCUT2D eigenvalue weighted by molar-refractivity contribution is 1.08. The van der Waals surface area contributed by atoms with Crippen LogP contribution in [0.1, 0.15) is 16.3 Å². The average Bonchev–Trinajstić information content (AvgIpc) is 2.67. The van der Waals surface area contributed by atoms with E-state index >= 15 is 0 Å². The topological polar surface area (TPSA) is 25.8 Å². The molecular formula is C10H9ClN2S. The fourth-order valence-corrected chi connectivity index (χ4v) is 2.23. The summed E-state index contributed by atoms with van der Waals surface area (Å²) < 4.78 is 0. The summed E-state index contributed by atoms with van der Waals surface area (Å²) in [7, 11) is 0. The monoisotopic (exact) mass is 224 g/mol. The number of nitrogens with zero attached hydrogens (tertiary/aromatic N) is 2. The molecule has 0 saturated heterocycles. The summed E-state index contributed by atoms with van der Waals surface area (Å²) in [5.74, 6) is 0.490. The predicted octanol–water partition coefficient (Wildman–Crippen LogP) is 2.87. The van der Waals surface area contributed by atoms with Gasteiger partial charge in [-0.3, -0.25) is 4.98 Å². The Morgan fingerprint density at radius 2 is 2.36 bits per heavy atom. The number of pyridine rings is 1. The normalized spacial score (nSPS) is 10.4. The molecule has 2 nitrogen and oxygen atoms in total. The molecule has 0 fully saturated rings. The molecule has 0 bridgehead atoms. The first-order valence-electron chi connectivity index (χ1n) is 4.26. The van der Waals surface area contributed by atoms with Gasteiger partial charge in [-0.05, 0) is 11.6 Å². The van der Waals surface area contributed by atoms with Crippen molar-refractivity contribution in [1.29, 1.82) is 0 Å². The van der Waals surface area contributed by atoms with Gasteiger partial charge in [-0.2, -0.15) is 0 Å². The Morgan fingerprint density at radius 3 is 3.00 bits per heavy atom. The number of thiazole rings is 1. The minimum Gasteiger partial charge on any atom is -0.264 e. The van der Waals surface area contributed by atoms with Gasteiger partial charge in [0.15, 0.2) is 0 Å². The highest BCUT2D eigenvalue weighted by Crippen LogP contribution is 2.15. The van der Waals surface area contributed by atoms with E-state index < -0.39 is 0 Å². The number of halogens is 1. The minimum atomic E-state index is 0.490. The lowest BCUT2D eigenvalue weighted by Crippen LogP contribution is -1.88. The summed E-state index contributed by atoms with van der Waals surface area (Å²) in [5, 5.41) is 3.09. The highest BCUT2D eigenvalue weighted by Gasteiger charge is 2.01. The number of hydrogen-bond acceptors (Lipinski definition) is 3. The molecule has 2 aromatic rings. The van der Waals surface area contributed by atoms with Crippen molar-refractivity contribution in [2.75, 3.05) is 0 Å². The van der Waals surface area contributed by atoms with E-state index in [9.17, 15) is 0 Å².